The molecule has 5 aromatic carbocycles. The summed E-state index contributed by atoms with van der Waals surface area (Å²) in [7, 11) is -3.66. The van der Waals surface area contributed by atoms with Gasteiger partial charge in [0.25, 0.3) is 0 Å². The van der Waals surface area contributed by atoms with Crippen molar-refractivity contribution in [2.75, 3.05) is 26.4 Å². The number of hydrogen-bond acceptors (Lipinski definition) is 6. The van der Waals surface area contributed by atoms with Crippen LogP contribution in [-0.4, -0.2) is 38.6 Å². The number of benzene rings is 5. The van der Waals surface area contributed by atoms with Crippen LogP contribution in [0.15, 0.2) is 103 Å². The van der Waals surface area contributed by atoms with Crippen molar-refractivity contribution < 1.29 is 28.0 Å². The van der Waals surface area contributed by atoms with Crippen LogP contribution in [0.25, 0.3) is 33.0 Å². The van der Waals surface area contributed by atoms with Crippen molar-refractivity contribution in [1.82, 2.24) is 0 Å². The Hall–Kier alpha value is -4.09. The second-order valence-corrected chi connectivity index (χ2v) is 12.8. The highest BCUT2D eigenvalue weighted by Gasteiger charge is 2.41. The molecule has 0 N–H and O–H groups in total. The van der Waals surface area contributed by atoms with Crippen molar-refractivity contribution in [2.24, 2.45) is 0 Å². The number of epoxide rings is 2. The Labute approximate surface area is 237 Å². The molecular weight excluding hydrogens is 535 g/mol. The quantitative estimate of drug-likeness (QED) is 0.162. The summed E-state index contributed by atoms with van der Waals surface area (Å²) in [6, 6.07) is 33.7. The minimum absolute atomic E-state index is 0.0213. The summed E-state index contributed by atoms with van der Waals surface area (Å²) in [4.78, 5) is 0. The number of fused-ring (bicyclic) bond motifs is 4. The molecule has 8 rings (SSSR count). The Morgan fingerprint density at radius 3 is 2.07 bits per heavy atom. The highest BCUT2D eigenvalue weighted by molar-refractivity contribution is 7.75. The summed E-state index contributed by atoms with van der Waals surface area (Å²) in [5, 5.41) is 3.32. The summed E-state index contributed by atoms with van der Waals surface area (Å²) in [5.74, 6) is 1.69. The zero-order chi connectivity index (χ0) is 27.4. The second-order valence-electron chi connectivity index (χ2n) is 10.5. The lowest BCUT2D eigenvalue weighted by molar-refractivity contribution is 0.259. The Kier molecular flexibility index (Phi) is 5.89. The summed E-state index contributed by atoms with van der Waals surface area (Å²) in [6.07, 6.45) is 0.0734. The van der Waals surface area contributed by atoms with Gasteiger partial charge in [-0.2, -0.15) is 0 Å². The summed E-state index contributed by atoms with van der Waals surface area (Å²) in [5.41, 5.74) is 3.66. The third-order valence-corrected chi connectivity index (χ3v) is 10.2. The average Bonchev–Trinajstić information content (AvgIpc) is 3.95. The van der Waals surface area contributed by atoms with E-state index in [0.717, 1.165) is 33.0 Å². The summed E-state index contributed by atoms with van der Waals surface area (Å²) >= 11 is 0. The van der Waals surface area contributed by atoms with Crippen LogP contribution in [0.2, 0.25) is 0 Å². The van der Waals surface area contributed by atoms with E-state index in [1.807, 2.05) is 78.9 Å². The van der Waals surface area contributed by atoms with E-state index in [9.17, 15) is 0 Å². The van der Waals surface area contributed by atoms with E-state index < -0.39 is 7.37 Å². The van der Waals surface area contributed by atoms with Crippen molar-refractivity contribution in [1.29, 1.82) is 0 Å². The largest absolute Gasteiger partial charge is 0.490 e. The smallest absolute Gasteiger partial charge is 0.311 e. The van der Waals surface area contributed by atoms with Gasteiger partial charge in [0.2, 0.25) is 0 Å². The van der Waals surface area contributed by atoms with Gasteiger partial charge >= 0.3 is 7.37 Å². The van der Waals surface area contributed by atoms with Crippen LogP contribution in [0.3, 0.4) is 0 Å². The van der Waals surface area contributed by atoms with Gasteiger partial charge in [0.1, 0.15) is 42.7 Å². The summed E-state index contributed by atoms with van der Waals surface area (Å²) in [6.45, 7) is 2.08. The van der Waals surface area contributed by atoms with E-state index in [1.54, 1.807) is 0 Å². The first kappa shape index (κ1) is 24.7. The normalized spacial score (nSPS) is 21.9. The standard InChI is InChI=1S/C34H27O6P/c35-41(33-15-6-4-12-28(33)27-11-3-5-14-30(27)40-41)34-17-31(38-20-23-18-36-23)29(16-32(34)39-21-24-19-37-24)26-13-7-9-22-8-1-2-10-25(22)26/h1-17,23-24H,18-21H2. The third kappa shape index (κ3) is 4.49. The molecule has 3 heterocycles. The first-order chi connectivity index (χ1) is 20.2. The van der Waals surface area contributed by atoms with Crippen LogP contribution in [0.1, 0.15) is 0 Å². The Balaban J connectivity index is 1.35. The molecule has 2 saturated heterocycles. The lowest BCUT2D eigenvalue weighted by Gasteiger charge is -2.30. The van der Waals surface area contributed by atoms with Crippen LogP contribution in [-0.2, 0) is 14.0 Å². The molecule has 0 aromatic heterocycles. The topological polar surface area (TPSA) is 69.8 Å². The molecule has 3 atom stereocenters. The van der Waals surface area contributed by atoms with Crippen LogP contribution in [0, 0.1) is 0 Å². The lowest BCUT2D eigenvalue weighted by atomic mass is 9.97. The van der Waals surface area contributed by atoms with Crippen molar-refractivity contribution >= 4 is 28.8 Å². The molecule has 0 radical (unpaired) electrons. The number of para-hydroxylation sites is 1. The SMILES string of the molecule is O=P1(c2cc(OCC3CO3)c(-c3cccc4ccccc34)cc2OCC2CO2)Oc2ccccc2-c2ccccc21. The minimum atomic E-state index is -3.66. The van der Waals surface area contributed by atoms with E-state index in [2.05, 4.69) is 24.3 Å². The van der Waals surface area contributed by atoms with Gasteiger partial charge in [0.05, 0.1) is 23.8 Å². The Morgan fingerprint density at radius 1 is 0.634 bits per heavy atom. The molecular formula is C34H27O6P. The van der Waals surface area contributed by atoms with Gasteiger partial charge < -0.3 is 23.5 Å². The fourth-order valence-corrected chi connectivity index (χ4v) is 7.87. The monoisotopic (exact) mass is 562 g/mol. The van der Waals surface area contributed by atoms with Crippen molar-refractivity contribution in [3.05, 3.63) is 103 Å². The first-order valence-electron chi connectivity index (χ1n) is 13.8. The molecule has 0 bridgehead atoms. The maximum absolute atomic E-state index is 15.3. The Bertz CT molecular complexity index is 1840. The van der Waals surface area contributed by atoms with Crippen molar-refractivity contribution in [3.63, 3.8) is 0 Å². The molecule has 2 fully saturated rings. The van der Waals surface area contributed by atoms with Gasteiger partial charge in [-0.25, -0.2) is 0 Å². The van der Waals surface area contributed by atoms with E-state index in [4.69, 9.17) is 23.5 Å². The molecule has 0 aliphatic carbocycles. The average molecular weight is 563 g/mol. The third-order valence-electron chi connectivity index (χ3n) is 7.74. The van der Waals surface area contributed by atoms with Crippen molar-refractivity contribution in [3.8, 4) is 39.5 Å². The lowest BCUT2D eigenvalue weighted by Crippen LogP contribution is -2.27. The van der Waals surface area contributed by atoms with Crippen molar-refractivity contribution in [2.45, 2.75) is 12.2 Å². The van der Waals surface area contributed by atoms with Gasteiger partial charge in [-0.3, -0.25) is 4.57 Å². The molecule has 7 heteroatoms. The number of ether oxygens (including phenoxy) is 4. The predicted molar refractivity (Wildman–Crippen MR) is 159 cm³/mol. The van der Waals surface area contributed by atoms with Crippen LogP contribution in [0.5, 0.6) is 17.2 Å². The van der Waals surface area contributed by atoms with E-state index in [0.29, 0.717) is 54.3 Å². The molecule has 5 aromatic rings. The highest BCUT2D eigenvalue weighted by atomic mass is 31.2. The molecule has 6 nitrogen and oxygen atoms in total. The maximum atomic E-state index is 15.3. The number of rotatable bonds is 8. The minimum Gasteiger partial charge on any atom is -0.490 e. The van der Waals surface area contributed by atoms with Gasteiger partial charge in [0, 0.05) is 11.1 Å². The zero-order valence-corrected chi connectivity index (χ0v) is 23.1. The van der Waals surface area contributed by atoms with Crippen LogP contribution in [0.4, 0.5) is 0 Å². The second kappa shape index (κ2) is 9.78. The van der Waals surface area contributed by atoms with Crippen LogP contribution >= 0.6 is 7.37 Å². The highest BCUT2D eigenvalue weighted by Crippen LogP contribution is 2.56. The molecule has 3 aliphatic rings. The van der Waals surface area contributed by atoms with E-state index >= 15 is 4.57 Å². The maximum Gasteiger partial charge on any atom is 0.311 e. The molecule has 3 aliphatic heterocycles. The molecule has 0 saturated carbocycles. The Morgan fingerprint density at radius 2 is 1.27 bits per heavy atom. The van der Waals surface area contributed by atoms with E-state index in [-0.39, 0.29) is 12.2 Å². The molecule has 41 heavy (non-hydrogen) atoms. The molecule has 204 valence electrons. The zero-order valence-electron chi connectivity index (χ0n) is 22.2. The summed E-state index contributed by atoms with van der Waals surface area (Å²) < 4.78 is 45.4. The fourth-order valence-electron chi connectivity index (χ4n) is 5.47. The fraction of sp³-hybridized carbons (Fsp3) is 0.176. The van der Waals surface area contributed by atoms with E-state index in [1.165, 1.54) is 0 Å². The van der Waals surface area contributed by atoms with Gasteiger partial charge in [-0.1, -0.05) is 78.9 Å². The van der Waals surface area contributed by atoms with Gasteiger partial charge in [0.15, 0.2) is 0 Å². The first-order valence-corrected chi connectivity index (χ1v) is 15.4. The van der Waals surface area contributed by atoms with Gasteiger partial charge in [-0.15, -0.1) is 0 Å². The predicted octanol–water partition coefficient (Wildman–Crippen LogP) is 6.35. The molecule has 0 amide bonds. The number of hydrogen-bond donors (Lipinski definition) is 0. The molecule has 3 unspecified atom stereocenters. The van der Waals surface area contributed by atoms with Crippen LogP contribution < -0.4 is 24.6 Å². The molecule has 0 spiro atoms. The van der Waals surface area contributed by atoms with Gasteiger partial charge in [-0.05, 0) is 46.2 Å².